The summed E-state index contributed by atoms with van der Waals surface area (Å²) in [7, 11) is 0. The van der Waals surface area contributed by atoms with E-state index in [-0.39, 0.29) is 45.3 Å². The van der Waals surface area contributed by atoms with Crippen LogP contribution in [0, 0.1) is 10.8 Å². The first-order valence-corrected chi connectivity index (χ1v) is 4.62. The fraction of sp³-hybridized carbons (Fsp3) is 0.818. The second kappa shape index (κ2) is 5.37. The van der Waals surface area contributed by atoms with Gasteiger partial charge in [-0.3, -0.25) is 9.59 Å². The quantitative estimate of drug-likeness (QED) is 0.534. The molecule has 0 N–H and O–H groups in total. The van der Waals surface area contributed by atoms with Gasteiger partial charge in [-0.25, -0.2) is 0 Å². The molecule has 14 heavy (non-hydrogen) atoms. The predicted octanol–water partition coefficient (Wildman–Crippen LogP) is 2.23. The first-order valence-electron chi connectivity index (χ1n) is 4.62. The molecule has 0 spiro atoms. The summed E-state index contributed by atoms with van der Waals surface area (Å²) in [5, 5.41) is 0. The number of rotatable bonds is 2. The van der Waals surface area contributed by atoms with Crippen molar-refractivity contribution in [1.82, 2.24) is 0 Å². The molecule has 0 atom stereocenters. The molecule has 3 heteroatoms. The first-order chi connectivity index (χ1) is 5.55. The van der Waals surface area contributed by atoms with E-state index >= 15 is 0 Å². The third-order valence-electron chi connectivity index (χ3n) is 1.99. The molecule has 0 aromatic carbocycles. The molecule has 0 bridgehead atoms. The summed E-state index contributed by atoms with van der Waals surface area (Å²) in [6, 6.07) is 0. The van der Waals surface area contributed by atoms with E-state index in [4.69, 9.17) is 0 Å². The molecule has 2 nitrogen and oxygen atoms in total. The van der Waals surface area contributed by atoms with Crippen LogP contribution in [0.3, 0.4) is 0 Å². The van der Waals surface area contributed by atoms with Crippen molar-refractivity contribution in [3.05, 3.63) is 0 Å². The molecule has 0 aliphatic rings. The van der Waals surface area contributed by atoms with Crippen molar-refractivity contribution in [2.24, 2.45) is 10.8 Å². The minimum absolute atomic E-state index is 0. The maximum Gasteiger partial charge on any atom is 0.145 e. The van der Waals surface area contributed by atoms with Crippen molar-refractivity contribution in [3.8, 4) is 0 Å². The normalized spacial score (nSPS) is 11.9. The molecule has 0 saturated heterocycles. The van der Waals surface area contributed by atoms with Crippen LogP contribution in [0.5, 0.6) is 0 Å². The second-order valence-electron chi connectivity index (χ2n) is 5.52. The molecule has 4 radical (unpaired) electrons. The Bertz CT molecular complexity index is 194. The fourth-order valence-corrected chi connectivity index (χ4v) is 0.676. The zero-order valence-corrected chi connectivity index (χ0v) is 13.9. The van der Waals surface area contributed by atoms with Crippen molar-refractivity contribution in [2.45, 2.75) is 48.0 Å². The summed E-state index contributed by atoms with van der Waals surface area (Å²) in [6.07, 6.45) is 0.0625. The molecule has 0 aromatic heterocycles. The van der Waals surface area contributed by atoms with E-state index in [1.54, 1.807) is 0 Å². The van der Waals surface area contributed by atoms with Crippen molar-refractivity contribution >= 4 is 38.9 Å². The van der Waals surface area contributed by atoms with Gasteiger partial charge in [0.15, 0.2) is 0 Å². The Labute approximate surface area is 107 Å². The third-order valence-corrected chi connectivity index (χ3v) is 1.99. The number of hydrogen-bond acceptors (Lipinski definition) is 2. The van der Waals surface area contributed by atoms with Gasteiger partial charge in [0.05, 0.1) is 6.42 Å². The van der Waals surface area contributed by atoms with E-state index in [1.807, 2.05) is 41.5 Å². The van der Waals surface area contributed by atoms with Crippen LogP contribution in [0.1, 0.15) is 48.0 Å². The number of Topliss-reactive ketones (excluding diaryl/α,β-unsaturated/α-hetero) is 2. The summed E-state index contributed by atoms with van der Waals surface area (Å²) in [5.74, 6) is 0.0415. The molecule has 0 aliphatic heterocycles. The van der Waals surface area contributed by atoms with E-state index in [2.05, 4.69) is 0 Å². The average molecular weight is 391 g/mol. The summed E-state index contributed by atoms with van der Waals surface area (Å²) in [5.41, 5.74) is -0.804. The molecule has 0 rings (SSSR count). The van der Waals surface area contributed by atoms with Gasteiger partial charge in [-0.2, -0.15) is 0 Å². The number of carbonyl (C=O) groups excluding carboxylic acids is 2. The third kappa shape index (κ3) is 5.88. The van der Waals surface area contributed by atoms with E-state index in [0.29, 0.717) is 0 Å². The molecule has 0 amide bonds. The molecule has 0 aliphatic carbocycles. The maximum atomic E-state index is 11.5. The molecule has 0 heterocycles. The Morgan fingerprint density at radius 3 is 1.14 bits per heavy atom. The van der Waals surface area contributed by atoms with Gasteiger partial charge in [0.1, 0.15) is 11.6 Å². The summed E-state index contributed by atoms with van der Waals surface area (Å²) in [6.45, 7) is 11.0. The van der Waals surface area contributed by atoms with Crippen LogP contribution in [0.4, 0.5) is 0 Å². The van der Waals surface area contributed by atoms with Crippen LogP contribution in [-0.4, -0.2) is 38.9 Å². The average Bonchev–Trinajstić information content (AvgIpc) is 1.82. The SMILES string of the molecule is CC(C)(C)C(=O)CC(=O)C(C)(C)C.[Pb]. The van der Waals surface area contributed by atoms with Crippen LogP contribution in [0.25, 0.3) is 0 Å². The number of ketones is 2. The van der Waals surface area contributed by atoms with Crippen molar-refractivity contribution in [3.63, 3.8) is 0 Å². The summed E-state index contributed by atoms with van der Waals surface area (Å²) >= 11 is 0. The molecule has 0 aromatic rings. The minimum atomic E-state index is -0.402. The van der Waals surface area contributed by atoms with Crippen LogP contribution in [0.2, 0.25) is 0 Å². The van der Waals surface area contributed by atoms with Gasteiger partial charge in [0.2, 0.25) is 0 Å². The van der Waals surface area contributed by atoms with Gasteiger partial charge in [-0.05, 0) is 0 Å². The second-order valence-corrected chi connectivity index (χ2v) is 5.52. The summed E-state index contributed by atoms with van der Waals surface area (Å²) in [4.78, 5) is 23.0. The topological polar surface area (TPSA) is 34.1 Å². The van der Waals surface area contributed by atoms with Gasteiger partial charge in [0.25, 0.3) is 0 Å². The smallest absolute Gasteiger partial charge is 0.145 e. The van der Waals surface area contributed by atoms with Gasteiger partial charge < -0.3 is 0 Å². The van der Waals surface area contributed by atoms with Crippen LogP contribution in [0.15, 0.2) is 0 Å². The maximum absolute atomic E-state index is 11.5. The largest absolute Gasteiger partial charge is 0.299 e. The standard InChI is InChI=1S/C11H20O2.Pb/c1-10(2,3)8(12)7-9(13)11(4,5)6;/h7H2,1-6H3;. The van der Waals surface area contributed by atoms with Crippen LogP contribution >= 0.6 is 0 Å². The Morgan fingerprint density at radius 2 is 1.00 bits per heavy atom. The predicted molar refractivity (Wildman–Crippen MR) is 59.3 cm³/mol. The van der Waals surface area contributed by atoms with Crippen molar-refractivity contribution in [2.75, 3.05) is 0 Å². The Morgan fingerprint density at radius 1 is 0.786 bits per heavy atom. The minimum Gasteiger partial charge on any atom is -0.299 e. The van der Waals surface area contributed by atoms with Gasteiger partial charge >= 0.3 is 0 Å². The number of carbonyl (C=O) groups is 2. The van der Waals surface area contributed by atoms with Crippen molar-refractivity contribution in [1.29, 1.82) is 0 Å². The first kappa shape index (κ1) is 16.7. The van der Waals surface area contributed by atoms with Crippen LogP contribution in [-0.2, 0) is 9.59 Å². The van der Waals surface area contributed by atoms with E-state index < -0.39 is 10.8 Å². The fourth-order valence-electron chi connectivity index (χ4n) is 0.676. The van der Waals surface area contributed by atoms with Gasteiger partial charge in [-0.15, -0.1) is 0 Å². The van der Waals surface area contributed by atoms with E-state index in [1.165, 1.54) is 0 Å². The molecular weight excluding hydrogens is 371 g/mol. The molecule has 0 unspecified atom stereocenters. The zero-order valence-electron chi connectivity index (χ0n) is 10.0. The Kier molecular flexibility index (Phi) is 6.40. The van der Waals surface area contributed by atoms with Gasteiger partial charge in [-0.1, -0.05) is 41.5 Å². The van der Waals surface area contributed by atoms with E-state index in [9.17, 15) is 9.59 Å². The summed E-state index contributed by atoms with van der Waals surface area (Å²) < 4.78 is 0. The number of hydrogen-bond donors (Lipinski definition) is 0. The van der Waals surface area contributed by atoms with E-state index in [0.717, 1.165) is 0 Å². The zero-order chi connectivity index (χ0) is 10.9. The Hall–Kier alpha value is 0.262. The van der Waals surface area contributed by atoms with Crippen LogP contribution < -0.4 is 0 Å². The molecule has 0 saturated carbocycles. The Balaban J connectivity index is 0. The molecular formula is C11H20O2Pb. The molecule has 0 fully saturated rings. The monoisotopic (exact) mass is 392 g/mol. The molecule has 80 valence electrons. The van der Waals surface area contributed by atoms with Gasteiger partial charge in [0, 0.05) is 38.1 Å². The van der Waals surface area contributed by atoms with Crippen molar-refractivity contribution < 1.29 is 9.59 Å².